The number of piperazine rings is 1. The Bertz CT molecular complexity index is 671. The maximum absolute atomic E-state index is 6.40. The number of nitrogens with zero attached hydrogens (tertiary/aromatic N) is 2. The molecule has 30 heavy (non-hydrogen) atoms. The number of benzene rings is 1. The Morgan fingerprint density at radius 3 is 2.53 bits per heavy atom. The van der Waals surface area contributed by atoms with Gasteiger partial charge in [0.2, 0.25) is 0 Å². The molecule has 1 aliphatic carbocycles. The van der Waals surface area contributed by atoms with Crippen molar-refractivity contribution in [1.29, 1.82) is 0 Å². The number of rotatable bonds is 8. The Labute approximate surface area is 197 Å². The van der Waals surface area contributed by atoms with E-state index in [2.05, 4.69) is 33.4 Å². The van der Waals surface area contributed by atoms with E-state index in [-0.39, 0.29) is 0 Å². The van der Waals surface area contributed by atoms with E-state index in [0.29, 0.717) is 16.1 Å². The van der Waals surface area contributed by atoms with E-state index >= 15 is 0 Å². The molecule has 1 aliphatic heterocycles. The monoisotopic (exact) mass is 470 g/mol. The minimum Gasteiger partial charge on any atom is -0.368 e. The molecule has 1 aromatic carbocycles. The van der Waals surface area contributed by atoms with E-state index in [4.69, 9.17) is 35.4 Å². The van der Waals surface area contributed by atoms with Crippen molar-refractivity contribution >= 4 is 46.2 Å². The van der Waals surface area contributed by atoms with Gasteiger partial charge in [0.05, 0.1) is 15.7 Å². The van der Waals surface area contributed by atoms with Crippen LogP contribution in [0.1, 0.15) is 51.9 Å². The van der Waals surface area contributed by atoms with Gasteiger partial charge >= 0.3 is 0 Å². The molecule has 3 rings (SSSR count). The van der Waals surface area contributed by atoms with E-state index < -0.39 is 0 Å². The number of halogens is 2. The predicted octanol–water partition coefficient (Wildman–Crippen LogP) is 5.33. The fourth-order valence-electron chi connectivity index (χ4n) is 4.52. The molecule has 1 aromatic rings. The van der Waals surface area contributed by atoms with Crippen LogP contribution in [0.25, 0.3) is 0 Å². The second-order valence-corrected chi connectivity index (χ2v) is 9.86. The Balaban J connectivity index is 1.31. The summed E-state index contributed by atoms with van der Waals surface area (Å²) in [5, 5.41) is 9.00. The Kier molecular flexibility index (Phi) is 9.82. The van der Waals surface area contributed by atoms with Crippen LogP contribution in [0.4, 0.5) is 5.69 Å². The van der Waals surface area contributed by atoms with Gasteiger partial charge in [-0.05, 0) is 75.3 Å². The van der Waals surface area contributed by atoms with Crippen molar-refractivity contribution in [3.63, 3.8) is 0 Å². The summed E-state index contributed by atoms with van der Waals surface area (Å²) in [4.78, 5) is 4.96. The van der Waals surface area contributed by atoms with Crippen LogP contribution < -0.4 is 15.5 Å². The molecule has 1 saturated carbocycles. The first-order valence-corrected chi connectivity index (χ1v) is 12.7. The Morgan fingerprint density at radius 1 is 1.10 bits per heavy atom. The lowest BCUT2D eigenvalue weighted by Crippen LogP contribution is -2.47. The van der Waals surface area contributed by atoms with Crippen molar-refractivity contribution in [2.75, 3.05) is 44.2 Å². The fraction of sp³-hybridized carbons (Fsp3) is 0.696. The molecule has 0 atom stereocenters. The van der Waals surface area contributed by atoms with Crippen LogP contribution >= 0.6 is 35.4 Å². The van der Waals surface area contributed by atoms with Gasteiger partial charge in [-0.25, -0.2) is 0 Å². The summed E-state index contributed by atoms with van der Waals surface area (Å²) in [5.74, 6) is 0.852. The summed E-state index contributed by atoms with van der Waals surface area (Å²) in [6.45, 7) is 8.60. The molecular weight excluding hydrogens is 435 g/mol. The lowest BCUT2D eigenvalue weighted by atomic mass is 9.84. The number of anilines is 1. The smallest absolute Gasteiger partial charge is 0.166 e. The molecule has 1 saturated heterocycles. The first kappa shape index (κ1) is 23.9. The zero-order chi connectivity index (χ0) is 21.3. The molecule has 1 heterocycles. The van der Waals surface area contributed by atoms with E-state index in [1.807, 2.05) is 12.1 Å². The summed E-state index contributed by atoms with van der Waals surface area (Å²) < 4.78 is 0. The van der Waals surface area contributed by atoms with E-state index in [0.717, 1.165) is 49.4 Å². The summed E-state index contributed by atoms with van der Waals surface area (Å²) >= 11 is 18.0. The largest absolute Gasteiger partial charge is 0.368 e. The molecule has 2 fully saturated rings. The first-order chi connectivity index (χ1) is 14.6. The van der Waals surface area contributed by atoms with Gasteiger partial charge in [-0.15, -0.1) is 0 Å². The molecule has 0 amide bonds. The predicted molar refractivity (Wildman–Crippen MR) is 134 cm³/mol. The Morgan fingerprint density at radius 2 is 1.83 bits per heavy atom. The molecule has 2 aliphatic rings. The van der Waals surface area contributed by atoms with Crippen molar-refractivity contribution in [2.45, 2.75) is 57.9 Å². The molecule has 0 spiro atoms. The van der Waals surface area contributed by atoms with E-state index in [1.165, 1.54) is 51.5 Å². The summed E-state index contributed by atoms with van der Waals surface area (Å²) in [7, 11) is 0. The standard InChI is InChI=1S/C23H36Cl2N4S/c1-2-3-12-26-23(30)27-19-9-7-18(8-10-19)11-13-28-14-16-29(17-15-28)21-6-4-5-20(24)22(21)25/h4-6,18-19H,2-3,7-17H2,1H3,(H2,26,27,30). The maximum Gasteiger partial charge on any atom is 0.166 e. The molecule has 4 nitrogen and oxygen atoms in total. The minimum absolute atomic E-state index is 0.550. The van der Waals surface area contributed by atoms with Crippen LogP contribution in [0.15, 0.2) is 18.2 Å². The number of nitrogens with one attached hydrogen (secondary N) is 2. The highest BCUT2D eigenvalue weighted by molar-refractivity contribution is 7.80. The quantitative estimate of drug-likeness (QED) is 0.396. The molecule has 0 radical (unpaired) electrons. The van der Waals surface area contributed by atoms with E-state index in [1.54, 1.807) is 0 Å². The van der Waals surface area contributed by atoms with Crippen molar-refractivity contribution in [1.82, 2.24) is 15.5 Å². The third-order valence-electron chi connectivity index (χ3n) is 6.50. The van der Waals surface area contributed by atoms with Gasteiger partial charge in [-0.1, -0.05) is 42.6 Å². The zero-order valence-electron chi connectivity index (χ0n) is 18.1. The molecule has 0 bridgehead atoms. The van der Waals surface area contributed by atoms with Crippen LogP contribution in [-0.4, -0.2) is 55.3 Å². The lowest BCUT2D eigenvalue weighted by Gasteiger charge is -2.37. The molecule has 2 N–H and O–H groups in total. The summed E-state index contributed by atoms with van der Waals surface area (Å²) in [5.41, 5.74) is 1.07. The van der Waals surface area contributed by atoms with Crippen LogP contribution in [0.2, 0.25) is 10.0 Å². The third kappa shape index (κ3) is 7.15. The average Bonchev–Trinajstić information content (AvgIpc) is 2.76. The van der Waals surface area contributed by atoms with Gasteiger partial charge in [0.15, 0.2) is 5.11 Å². The van der Waals surface area contributed by atoms with Crippen LogP contribution in [0.3, 0.4) is 0 Å². The van der Waals surface area contributed by atoms with Crippen molar-refractivity contribution in [3.05, 3.63) is 28.2 Å². The first-order valence-electron chi connectivity index (χ1n) is 11.5. The lowest BCUT2D eigenvalue weighted by molar-refractivity contribution is 0.214. The highest BCUT2D eigenvalue weighted by Gasteiger charge is 2.24. The van der Waals surface area contributed by atoms with Gasteiger partial charge in [0.1, 0.15) is 0 Å². The number of unbranched alkanes of at least 4 members (excludes halogenated alkanes) is 1. The van der Waals surface area contributed by atoms with Gasteiger partial charge in [-0.2, -0.15) is 0 Å². The second-order valence-electron chi connectivity index (χ2n) is 8.66. The minimum atomic E-state index is 0.550. The molecule has 0 unspecified atom stereocenters. The fourth-order valence-corrected chi connectivity index (χ4v) is 5.21. The van der Waals surface area contributed by atoms with E-state index in [9.17, 15) is 0 Å². The maximum atomic E-state index is 6.40. The number of thiocarbonyl (C=S) groups is 1. The molecular formula is C23H36Cl2N4S. The average molecular weight is 472 g/mol. The van der Waals surface area contributed by atoms with Gasteiger partial charge in [0, 0.05) is 38.8 Å². The van der Waals surface area contributed by atoms with Gasteiger partial charge in [0.25, 0.3) is 0 Å². The van der Waals surface area contributed by atoms with Crippen LogP contribution in [0.5, 0.6) is 0 Å². The zero-order valence-corrected chi connectivity index (χ0v) is 20.5. The van der Waals surface area contributed by atoms with Crippen molar-refractivity contribution in [2.24, 2.45) is 5.92 Å². The highest BCUT2D eigenvalue weighted by Crippen LogP contribution is 2.33. The molecule has 0 aromatic heterocycles. The van der Waals surface area contributed by atoms with Crippen LogP contribution in [0, 0.1) is 5.92 Å². The summed E-state index contributed by atoms with van der Waals surface area (Å²) in [6, 6.07) is 6.45. The number of hydrogen-bond acceptors (Lipinski definition) is 3. The van der Waals surface area contributed by atoms with Crippen LogP contribution in [-0.2, 0) is 0 Å². The SMILES string of the molecule is CCCCNC(=S)NC1CCC(CCN2CCN(c3cccc(Cl)c3Cl)CC2)CC1. The number of hydrogen-bond donors (Lipinski definition) is 2. The molecule has 7 heteroatoms. The third-order valence-corrected chi connectivity index (χ3v) is 7.57. The summed E-state index contributed by atoms with van der Waals surface area (Å²) in [6.07, 6.45) is 8.78. The normalized spacial score (nSPS) is 22.7. The second kappa shape index (κ2) is 12.3. The van der Waals surface area contributed by atoms with Gasteiger partial charge < -0.3 is 15.5 Å². The topological polar surface area (TPSA) is 30.5 Å². The van der Waals surface area contributed by atoms with Crippen molar-refractivity contribution in [3.8, 4) is 0 Å². The van der Waals surface area contributed by atoms with Crippen molar-refractivity contribution < 1.29 is 0 Å². The molecule has 168 valence electrons. The Hall–Kier alpha value is -0.750. The highest BCUT2D eigenvalue weighted by atomic mass is 35.5. The van der Waals surface area contributed by atoms with Gasteiger partial charge in [-0.3, -0.25) is 4.90 Å².